The molecule has 7 nitrogen and oxygen atoms in total. The molecule has 1 saturated heterocycles. The van der Waals surface area contributed by atoms with Gasteiger partial charge in [0.2, 0.25) is 0 Å². The molecule has 1 aromatic carbocycles. The van der Waals surface area contributed by atoms with E-state index in [2.05, 4.69) is 5.32 Å². The summed E-state index contributed by atoms with van der Waals surface area (Å²) in [7, 11) is -3.40. The lowest BCUT2D eigenvalue weighted by molar-refractivity contribution is -0.222. The molecule has 1 aromatic rings. The molecule has 0 spiro atoms. The molecule has 0 aliphatic carbocycles. The summed E-state index contributed by atoms with van der Waals surface area (Å²) in [5.41, 5.74) is 1.54. The van der Waals surface area contributed by atoms with Gasteiger partial charge in [-0.1, -0.05) is 6.07 Å². The summed E-state index contributed by atoms with van der Waals surface area (Å²) in [6, 6.07) is 3.17. The minimum atomic E-state index is -3.40. The van der Waals surface area contributed by atoms with Crippen molar-refractivity contribution in [1.82, 2.24) is 0 Å². The third-order valence-electron chi connectivity index (χ3n) is 3.41. The van der Waals surface area contributed by atoms with Gasteiger partial charge in [-0.25, -0.2) is 18.0 Å². The minimum absolute atomic E-state index is 0.170. The summed E-state index contributed by atoms with van der Waals surface area (Å²) >= 11 is 0. The van der Waals surface area contributed by atoms with Gasteiger partial charge in [0.1, 0.15) is 0 Å². The first kappa shape index (κ1) is 18.0. The van der Waals surface area contributed by atoms with Crippen molar-refractivity contribution < 1.29 is 27.5 Å². The molecule has 2 rings (SSSR count). The van der Waals surface area contributed by atoms with Crippen LogP contribution in [0.3, 0.4) is 0 Å². The van der Waals surface area contributed by atoms with Gasteiger partial charge in [0.15, 0.2) is 15.4 Å². The first-order valence-electron chi connectivity index (χ1n) is 7.15. The van der Waals surface area contributed by atoms with Crippen LogP contribution in [0.2, 0.25) is 0 Å². The lowest BCUT2D eigenvalue weighted by Crippen LogP contribution is -2.42. The van der Waals surface area contributed by atoms with Crippen LogP contribution in [0.4, 0.5) is 5.69 Å². The molecule has 1 fully saturated rings. The van der Waals surface area contributed by atoms with Gasteiger partial charge in [0.25, 0.3) is 5.79 Å². The van der Waals surface area contributed by atoms with Gasteiger partial charge in [-0.3, -0.25) is 0 Å². The summed E-state index contributed by atoms with van der Waals surface area (Å²) in [6.07, 6.45) is 2.27. The van der Waals surface area contributed by atoms with Crippen molar-refractivity contribution in [3.63, 3.8) is 0 Å². The maximum Gasteiger partial charge on any atom is 0.350 e. The number of nitrogens with one attached hydrogen (secondary N) is 1. The van der Waals surface area contributed by atoms with E-state index in [-0.39, 0.29) is 10.5 Å². The highest BCUT2D eigenvalue weighted by atomic mass is 32.2. The molecule has 1 N–H and O–H groups in total. The van der Waals surface area contributed by atoms with E-state index in [9.17, 15) is 18.0 Å². The van der Waals surface area contributed by atoms with E-state index in [1.54, 1.807) is 19.9 Å². The average Bonchev–Trinajstić information content (AvgIpc) is 2.36. The Morgan fingerprint density at radius 1 is 1.04 bits per heavy atom. The highest BCUT2D eigenvalue weighted by Gasteiger charge is 2.38. The van der Waals surface area contributed by atoms with Crippen LogP contribution in [-0.4, -0.2) is 32.4 Å². The van der Waals surface area contributed by atoms with Gasteiger partial charge >= 0.3 is 11.9 Å². The van der Waals surface area contributed by atoms with Crippen LogP contribution in [0.25, 0.3) is 0 Å². The van der Waals surface area contributed by atoms with Crippen LogP contribution >= 0.6 is 0 Å². The van der Waals surface area contributed by atoms with Gasteiger partial charge in [-0.2, -0.15) is 0 Å². The van der Waals surface area contributed by atoms with E-state index in [1.165, 1.54) is 19.9 Å². The molecule has 0 aromatic heterocycles. The third kappa shape index (κ3) is 3.76. The Balaban J connectivity index is 2.36. The second-order valence-corrected chi connectivity index (χ2v) is 8.07. The van der Waals surface area contributed by atoms with E-state index in [0.717, 1.165) is 18.0 Å². The molecular weight excluding hydrogens is 334 g/mol. The van der Waals surface area contributed by atoms with E-state index >= 15 is 0 Å². The molecule has 1 heterocycles. The zero-order chi connectivity index (χ0) is 18.3. The fourth-order valence-corrected chi connectivity index (χ4v) is 3.29. The molecule has 130 valence electrons. The molecule has 1 aliphatic heterocycles. The molecule has 0 amide bonds. The molecule has 0 unspecified atom stereocenters. The maximum absolute atomic E-state index is 11.9. The summed E-state index contributed by atoms with van der Waals surface area (Å²) in [6.45, 7) is 6.38. The number of hydrogen-bond donors (Lipinski definition) is 1. The van der Waals surface area contributed by atoms with Crippen LogP contribution in [0, 0.1) is 13.8 Å². The Hall–Kier alpha value is -2.35. The van der Waals surface area contributed by atoms with Gasteiger partial charge < -0.3 is 14.8 Å². The normalized spacial score (nSPS) is 17.1. The number of hydrogen-bond acceptors (Lipinski definition) is 7. The molecular formula is C16H19NO6S. The Bertz CT molecular complexity index is 830. The number of esters is 2. The minimum Gasteiger partial charge on any atom is -0.419 e. The number of carbonyl (C=O) groups excluding carboxylic acids is 2. The lowest BCUT2D eigenvalue weighted by atomic mass is 10.1. The van der Waals surface area contributed by atoms with Crippen molar-refractivity contribution in [2.24, 2.45) is 0 Å². The van der Waals surface area contributed by atoms with Gasteiger partial charge in [-0.15, -0.1) is 0 Å². The fraction of sp³-hybridized carbons (Fsp3) is 0.375. The number of benzene rings is 1. The Morgan fingerprint density at radius 3 is 2.08 bits per heavy atom. The van der Waals surface area contributed by atoms with Crippen molar-refractivity contribution in [1.29, 1.82) is 0 Å². The SMILES string of the molecule is Cc1cc(C)c(S(C)(=O)=O)cc1NC=C1C(=O)OC(C)(C)OC1=O. The molecule has 0 radical (unpaired) electrons. The standard InChI is InChI=1S/C16H19NO6S/c1-9-6-10(2)13(24(5,20)21)7-12(9)17-8-11-14(18)22-16(3,4)23-15(11)19/h6-8,17H,1-5H3. The lowest BCUT2D eigenvalue weighted by Gasteiger charge is -2.29. The molecule has 0 bridgehead atoms. The third-order valence-corrected chi connectivity index (χ3v) is 4.65. The number of cyclic esters (lactones) is 2. The molecule has 24 heavy (non-hydrogen) atoms. The first-order valence-corrected chi connectivity index (χ1v) is 9.04. The average molecular weight is 353 g/mol. The number of sulfone groups is 1. The predicted molar refractivity (Wildman–Crippen MR) is 87.0 cm³/mol. The number of anilines is 1. The fourth-order valence-electron chi connectivity index (χ4n) is 2.32. The predicted octanol–water partition coefficient (Wildman–Crippen LogP) is 1.84. The summed E-state index contributed by atoms with van der Waals surface area (Å²) < 4.78 is 33.6. The molecule has 0 saturated carbocycles. The molecule has 8 heteroatoms. The second-order valence-electron chi connectivity index (χ2n) is 6.09. The van der Waals surface area contributed by atoms with Crippen molar-refractivity contribution in [3.8, 4) is 0 Å². The van der Waals surface area contributed by atoms with Crippen LogP contribution in [-0.2, 0) is 28.9 Å². The Kier molecular flexibility index (Phi) is 4.45. The maximum atomic E-state index is 11.9. The van der Waals surface area contributed by atoms with Crippen molar-refractivity contribution >= 4 is 27.5 Å². The van der Waals surface area contributed by atoms with Crippen LogP contribution in [0.15, 0.2) is 28.8 Å². The quantitative estimate of drug-likeness (QED) is 0.503. The highest BCUT2D eigenvalue weighted by molar-refractivity contribution is 7.90. The van der Waals surface area contributed by atoms with E-state index in [0.29, 0.717) is 11.3 Å². The van der Waals surface area contributed by atoms with Crippen LogP contribution in [0.5, 0.6) is 0 Å². The Morgan fingerprint density at radius 2 is 1.58 bits per heavy atom. The summed E-state index contributed by atoms with van der Waals surface area (Å²) in [4.78, 5) is 23.9. The van der Waals surface area contributed by atoms with Gasteiger partial charge in [-0.05, 0) is 31.0 Å². The van der Waals surface area contributed by atoms with Crippen LogP contribution in [0.1, 0.15) is 25.0 Å². The van der Waals surface area contributed by atoms with E-state index in [1.807, 2.05) is 0 Å². The summed E-state index contributed by atoms with van der Waals surface area (Å²) in [5, 5.41) is 2.78. The topological polar surface area (TPSA) is 98.8 Å². The first-order chi connectivity index (χ1) is 10.9. The number of aryl methyl sites for hydroxylation is 2. The second kappa shape index (κ2) is 5.94. The Labute approximate surface area is 140 Å². The monoisotopic (exact) mass is 353 g/mol. The van der Waals surface area contributed by atoms with E-state index < -0.39 is 27.6 Å². The molecule has 1 aliphatic rings. The smallest absolute Gasteiger partial charge is 0.350 e. The number of carbonyl (C=O) groups is 2. The van der Waals surface area contributed by atoms with Gasteiger partial charge in [0, 0.05) is 32.0 Å². The largest absolute Gasteiger partial charge is 0.419 e. The molecule has 0 atom stereocenters. The van der Waals surface area contributed by atoms with Crippen molar-refractivity contribution in [3.05, 3.63) is 35.0 Å². The van der Waals surface area contributed by atoms with Crippen molar-refractivity contribution in [2.45, 2.75) is 38.4 Å². The van der Waals surface area contributed by atoms with Crippen molar-refractivity contribution in [2.75, 3.05) is 11.6 Å². The zero-order valence-corrected chi connectivity index (χ0v) is 14.9. The number of ether oxygens (including phenoxy) is 2. The highest BCUT2D eigenvalue weighted by Crippen LogP contribution is 2.26. The van der Waals surface area contributed by atoms with E-state index in [4.69, 9.17) is 9.47 Å². The van der Waals surface area contributed by atoms with Gasteiger partial charge in [0.05, 0.1) is 4.90 Å². The zero-order valence-electron chi connectivity index (χ0n) is 14.1. The van der Waals surface area contributed by atoms with Crippen LogP contribution < -0.4 is 5.32 Å². The number of rotatable bonds is 3. The summed E-state index contributed by atoms with van der Waals surface area (Å²) in [5.74, 6) is -2.93.